The Kier molecular flexibility index (Phi) is 13.8. The third kappa shape index (κ3) is 9.85. The minimum Gasteiger partial charge on any atom is -0.465 e. The summed E-state index contributed by atoms with van der Waals surface area (Å²) in [5, 5.41) is 0. The Morgan fingerprint density at radius 3 is 2.48 bits per heavy atom. The zero-order valence-corrected chi connectivity index (χ0v) is 26.2. The summed E-state index contributed by atoms with van der Waals surface area (Å²) in [6.07, 6.45) is 16.8. The molecule has 0 fully saturated rings. The summed E-state index contributed by atoms with van der Waals surface area (Å²) in [7, 11) is 1.94. The predicted molar refractivity (Wildman–Crippen MR) is 165 cm³/mol. The van der Waals surface area contributed by atoms with Gasteiger partial charge in [0, 0.05) is 43.4 Å². The highest BCUT2D eigenvalue weighted by atomic mass is 16.5. The largest absolute Gasteiger partial charge is 0.465 e. The lowest BCUT2D eigenvalue weighted by Gasteiger charge is -2.25. The van der Waals surface area contributed by atoms with Crippen LogP contribution in [0.5, 0.6) is 0 Å². The molecule has 0 amide bonds. The number of hydrogen-bond donors (Lipinski definition) is 1. The summed E-state index contributed by atoms with van der Waals surface area (Å²) in [6, 6.07) is 6.10. The van der Waals surface area contributed by atoms with Crippen LogP contribution >= 0.6 is 0 Å². The van der Waals surface area contributed by atoms with E-state index in [-0.39, 0.29) is 37.0 Å². The molecule has 2 heterocycles. The van der Waals surface area contributed by atoms with E-state index in [0.29, 0.717) is 19.3 Å². The van der Waals surface area contributed by atoms with E-state index in [0.717, 1.165) is 47.3 Å². The van der Waals surface area contributed by atoms with E-state index >= 15 is 0 Å². The van der Waals surface area contributed by atoms with Gasteiger partial charge in [0.25, 0.3) is 0 Å². The van der Waals surface area contributed by atoms with E-state index in [4.69, 9.17) is 9.47 Å². The SMILES string of the molecule is CCCCCCCCCC(=O)OC[C@H](Cc1cncn1C)[C@H](CC)C(=O)OCc1cccc([C@H](C)c2c[nH]cn2)c1C. The number of aromatic amines is 1. The van der Waals surface area contributed by atoms with Gasteiger partial charge in [-0.2, -0.15) is 0 Å². The zero-order valence-electron chi connectivity index (χ0n) is 26.2. The van der Waals surface area contributed by atoms with Crippen LogP contribution in [-0.2, 0) is 39.1 Å². The molecule has 8 heteroatoms. The number of aromatic nitrogens is 4. The van der Waals surface area contributed by atoms with Crippen molar-refractivity contribution in [2.24, 2.45) is 18.9 Å². The summed E-state index contributed by atoms with van der Waals surface area (Å²) in [5.74, 6) is -0.951. The molecule has 3 atom stereocenters. The van der Waals surface area contributed by atoms with Crippen LogP contribution < -0.4 is 0 Å². The van der Waals surface area contributed by atoms with Gasteiger partial charge in [0.05, 0.1) is 30.9 Å². The molecule has 1 aromatic carbocycles. The molecule has 0 aliphatic rings. The molecular weight excluding hydrogens is 528 g/mol. The van der Waals surface area contributed by atoms with Gasteiger partial charge in [-0.05, 0) is 42.9 Å². The van der Waals surface area contributed by atoms with Gasteiger partial charge in [-0.15, -0.1) is 0 Å². The number of nitrogens with one attached hydrogen (secondary N) is 1. The fraction of sp³-hybridized carbons (Fsp3) is 0.588. The molecule has 0 saturated carbocycles. The average Bonchev–Trinajstić information content (AvgIpc) is 3.67. The molecule has 42 heavy (non-hydrogen) atoms. The van der Waals surface area contributed by atoms with E-state index in [1.54, 1.807) is 18.9 Å². The van der Waals surface area contributed by atoms with E-state index < -0.39 is 5.92 Å². The van der Waals surface area contributed by atoms with Crippen LogP contribution in [0.1, 0.15) is 113 Å². The van der Waals surface area contributed by atoms with Crippen LogP contribution in [0.25, 0.3) is 0 Å². The highest BCUT2D eigenvalue weighted by Gasteiger charge is 2.30. The maximum atomic E-state index is 13.5. The third-order valence-corrected chi connectivity index (χ3v) is 8.43. The number of benzene rings is 1. The molecule has 8 nitrogen and oxygen atoms in total. The monoisotopic (exact) mass is 578 g/mol. The Hall–Kier alpha value is -3.42. The van der Waals surface area contributed by atoms with Crippen molar-refractivity contribution in [2.45, 2.75) is 104 Å². The Morgan fingerprint density at radius 1 is 1.05 bits per heavy atom. The van der Waals surface area contributed by atoms with Gasteiger partial charge < -0.3 is 19.0 Å². The summed E-state index contributed by atoms with van der Waals surface area (Å²) < 4.78 is 13.6. The standard InChI is InChI=1S/C34H50N4O4/c1-6-8-9-10-11-12-13-17-33(39)41-22-28(18-29-19-36-24-38(29)5)30(7-2)34(40)42-21-27-15-14-16-31(25(27)3)26(4)32-20-35-23-37-32/h14-16,19-20,23-24,26,28,30H,6-13,17-18,21-22H2,1-5H3,(H,35,37)/t26-,28-,30-/m0/s1. The van der Waals surface area contributed by atoms with Crippen LogP contribution in [-0.4, -0.2) is 38.1 Å². The van der Waals surface area contributed by atoms with E-state index in [1.807, 2.05) is 36.9 Å². The highest BCUT2D eigenvalue weighted by Crippen LogP contribution is 2.28. The number of ether oxygens (including phenoxy) is 2. The fourth-order valence-corrected chi connectivity index (χ4v) is 5.61. The Balaban J connectivity index is 1.61. The molecule has 0 radical (unpaired) electrons. The lowest BCUT2D eigenvalue weighted by molar-refractivity contribution is -0.156. The molecule has 0 bridgehead atoms. The average molecular weight is 579 g/mol. The van der Waals surface area contributed by atoms with Crippen LogP contribution in [0.4, 0.5) is 0 Å². The predicted octanol–water partition coefficient (Wildman–Crippen LogP) is 7.22. The number of nitrogens with zero attached hydrogens (tertiary/aromatic N) is 3. The molecule has 0 aliphatic heterocycles. The summed E-state index contributed by atoms with van der Waals surface area (Å²) in [4.78, 5) is 37.7. The third-order valence-electron chi connectivity index (χ3n) is 8.43. The first-order valence-corrected chi connectivity index (χ1v) is 15.7. The van der Waals surface area contributed by atoms with Gasteiger partial charge >= 0.3 is 11.9 Å². The van der Waals surface area contributed by atoms with Gasteiger partial charge in [0.1, 0.15) is 6.61 Å². The minimum atomic E-state index is -0.405. The van der Waals surface area contributed by atoms with Crippen molar-refractivity contribution < 1.29 is 19.1 Å². The maximum absolute atomic E-state index is 13.5. The van der Waals surface area contributed by atoms with Gasteiger partial charge in [-0.25, -0.2) is 9.97 Å². The fourth-order valence-electron chi connectivity index (χ4n) is 5.61. The van der Waals surface area contributed by atoms with Gasteiger partial charge in [-0.1, -0.05) is 77.5 Å². The molecule has 1 N–H and O–H groups in total. The lowest BCUT2D eigenvalue weighted by Crippen LogP contribution is -2.31. The van der Waals surface area contributed by atoms with Crippen molar-refractivity contribution in [2.75, 3.05) is 6.61 Å². The Bertz CT molecular complexity index is 1220. The highest BCUT2D eigenvalue weighted by molar-refractivity contribution is 5.73. The molecule has 0 saturated heterocycles. The summed E-state index contributed by atoms with van der Waals surface area (Å²) >= 11 is 0. The zero-order chi connectivity index (χ0) is 30.3. The van der Waals surface area contributed by atoms with E-state index in [1.165, 1.54) is 25.7 Å². The van der Waals surface area contributed by atoms with Crippen LogP contribution in [0.15, 0.2) is 43.2 Å². The number of imidazole rings is 2. The van der Waals surface area contributed by atoms with Crippen molar-refractivity contribution >= 4 is 11.9 Å². The smallest absolute Gasteiger partial charge is 0.309 e. The van der Waals surface area contributed by atoms with Crippen LogP contribution in [0, 0.1) is 18.8 Å². The van der Waals surface area contributed by atoms with Gasteiger partial charge in [-0.3, -0.25) is 9.59 Å². The number of hydrogen-bond acceptors (Lipinski definition) is 6. The topological polar surface area (TPSA) is 99.1 Å². The maximum Gasteiger partial charge on any atom is 0.309 e. The molecule has 230 valence electrons. The first kappa shape index (κ1) is 33.1. The second-order valence-electron chi connectivity index (χ2n) is 11.5. The molecule has 3 aromatic rings. The first-order chi connectivity index (χ1) is 20.3. The number of esters is 2. The van der Waals surface area contributed by atoms with Crippen LogP contribution in [0.2, 0.25) is 0 Å². The number of carbonyl (C=O) groups is 2. The van der Waals surface area contributed by atoms with Crippen molar-refractivity contribution in [1.82, 2.24) is 19.5 Å². The molecule has 0 unspecified atom stereocenters. The first-order valence-electron chi connectivity index (χ1n) is 15.7. The molecule has 2 aromatic heterocycles. The molecule has 0 spiro atoms. The van der Waals surface area contributed by atoms with Crippen molar-refractivity contribution in [3.8, 4) is 0 Å². The van der Waals surface area contributed by atoms with E-state index in [9.17, 15) is 9.59 Å². The summed E-state index contributed by atoms with van der Waals surface area (Å²) in [5.41, 5.74) is 5.19. The number of unbranched alkanes of at least 4 members (excludes halogenated alkanes) is 6. The quantitative estimate of drug-likeness (QED) is 0.119. The van der Waals surface area contributed by atoms with Crippen molar-refractivity contribution in [3.63, 3.8) is 0 Å². The normalized spacial score (nSPS) is 13.5. The molecular formula is C34H50N4O4. The number of H-pyrrole nitrogens is 1. The van der Waals surface area contributed by atoms with E-state index in [2.05, 4.69) is 41.8 Å². The lowest BCUT2D eigenvalue weighted by atomic mass is 9.87. The van der Waals surface area contributed by atoms with Crippen LogP contribution in [0.3, 0.4) is 0 Å². The second-order valence-corrected chi connectivity index (χ2v) is 11.5. The second kappa shape index (κ2) is 17.5. The molecule has 3 rings (SSSR count). The minimum absolute atomic E-state index is 0.120. The number of aryl methyl sites for hydroxylation is 1. The Morgan fingerprint density at radius 2 is 1.81 bits per heavy atom. The Labute approximate surface area is 251 Å². The van der Waals surface area contributed by atoms with Crippen molar-refractivity contribution in [1.29, 1.82) is 0 Å². The number of rotatable bonds is 19. The van der Waals surface area contributed by atoms with Crippen molar-refractivity contribution in [3.05, 3.63) is 71.3 Å². The van der Waals surface area contributed by atoms with Gasteiger partial charge in [0.2, 0.25) is 0 Å². The summed E-state index contributed by atoms with van der Waals surface area (Å²) in [6.45, 7) is 8.77. The number of carbonyl (C=O) groups excluding carboxylic acids is 2. The molecule has 0 aliphatic carbocycles. The van der Waals surface area contributed by atoms with Gasteiger partial charge in [0.15, 0.2) is 0 Å².